The Morgan fingerprint density at radius 1 is 0.885 bits per heavy atom. The molecular weight excluding hydrogens is 328 g/mol. The molecule has 0 aromatic heterocycles. The van der Waals surface area contributed by atoms with Gasteiger partial charge in [0.05, 0.1) is 6.61 Å². The molecule has 5 nitrogen and oxygen atoms in total. The van der Waals surface area contributed by atoms with Crippen LogP contribution in [0.15, 0.2) is 48.5 Å². The lowest BCUT2D eigenvalue weighted by molar-refractivity contribution is 0.0935. The summed E-state index contributed by atoms with van der Waals surface area (Å²) in [5.74, 6) is -0.397. The summed E-state index contributed by atoms with van der Waals surface area (Å²) in [4.78, 5) is 24.3. The molecular formula is C21H26N2O3. The third-order valence-corrected chi connectivity index (χ3v) is 4.01. The van der Waals surface area contributed by atoms with Crippen molar-refractivity contribution in [2.24, 2.45) is 0 Å². The van der Waals surface area contributed by atoms with Gasteiger partial charge in [0.15, 0.2) is 0 Å². The molecule has 26 heavy (non-hydrogen) atoms. The molecule has 2 aromatic carbocycles. The Balaban J connectivity index is 1.98. The molecule has 0 fully saturated rings. The molecule has 0 heterocycles. The van der Waals surface area contributed by atoms with Crippen LogP contribution in [0.25, 0.3) is 0 Å². The summed E-state index contributed by atoms with van der Waals surface area (Å²) in [6, 6.07) is 14.4. The van der Waals surface area contributed by atoms with E-state index in [1.54, 1.807) is 31.4 Å². The van der Waals surface area contributed by atoms with Crippen molar-refractivity contribution in [3.63, 3.8) is 0 Å². The van der Waals surface area contributed by atoms with Gasteiger partial charge < -0.3 is 15.4 Å². The number of anilines is 1. The van der Waals surface area contributed by atoms with Gasteiger partial charge in [0, 0.05) is 30.5 Å². The van der Waals surface area contributed by atoms with Gasteiger partial charge in [0.1, 0.15) is 0 Å². The molecule has 2 rings (SSSR count). The van der Waals surface area contributed by atoms with Crippen molar-refractivity contribution < 1.29 is 14.3 Å². The Morgan fingerprint density at radius 3 is 1.92 bits per heavy atom. The highest BCUT2D eigenvalue weighted by atomic mass is 16.5. The molecule has 0 saturated carbocycles. The highest BCUT2D eigenvalue weighted by Crippen LogP contribution is 2.23. The monoisotopic (exact) mass is 354 g/mol. The predicted octanol–water partition coefficient (Wildman–Crippen LogP) is 3.61. The third kappa shape index (κ3) is 5.43. The zero-order chi connectivity index (χ0) is 19.2. The summed E-state index contributed by atoms with van der Waals surface area (Å²) in [5.41, 5.74) is 3.02. The van der Waals surface area contributed by atoms with Crippen LogP contribution in [0, 0.1) is 0 Å². The molecule has 0 saturated heterocycles. The molecule has 2 aromatic rings. The zero-order valence-electron chi connectivity index (χ0n) is 15.8. The third-order valence-electron chi connectivity index (χ3n) is 4.01. The second-order valence-electron chi connectivity index (χ2n) is 7.11. The van der Waals surface area contributed by atoms with Gasteiger partial charge in [-0.3, -0.25) is 9.59 Å². The van der Waals surface area contributed by atoms with Crippen molar-refractivity contribution in [3.05, 3.63) is 65.2 Å². The van der Waals surface area contributed by atoms with Gasteiger partial charge in [-0.25, -0.2) is 0 Å². The first-order valence-corrected chi connectivity index (χ1v) is 8.60. The van der Waals surface area contributed by atoms with Crippen molar-refractivity contribution in [3.8, 4) is 0 Å². The second kappa shape index (κ2) is 8.63. The van der Waals surface area contributed by atoms with Gasteiger partial charge in [0.25, 0.3) is 11.8 Å². The maximum absolute atomic E-state index is 12.4. The van der Waals surface area contributed by atoms with E-state index >= 15 is 0 Å². The number of hydrogen-bond donors (Lipinski definition) is 2. The molecule has 0 spiro atoms. The number of amides is 2. The van der Waals surface area contributed by atoms with Crippen LogP contribution in [-0.2, 0) is 10.2 Å². The minimum absolute atomic E-state index is 0.0716. The molecule has 5 heteroatoms. The first-order chi connectivity index (χ1) is 12.3. The quantitative estimate of drug-likeness (QED) is 0.779. The maximum Gasteiger partial charge on any atom is 0.255 e. The first kappa shape index (κ1) is 19.7. The average molecular weight is 354 g/mol. The largest absolute Gasteiger partial charge is 0.383 e. The van der Waals surface area contributed by atoms with E-state index in [1.807, 2.05) is 24.3 Å². The molecule has 2 amide bonds. The van der Waals surface area contributed by atoms with Gasteiger partial charge in [-0.1, -0.05) is 32.9 Å². The molecule has 2 N–H and O–H groups in total. The fourth-order valence-corrected chi connectivity index (χ4v) is 2.40. The maximum atomic E-state index is 12.4. The van der Waals surface area contributed by atoms with Crippen LogP contribution in [0.1, 0.15) is 47.1 Å². The lowest BCUT2D eigenvalue weighted by Crippen LogP contribution is -2.26. The molecule has 138 valence electrons. The predicted molar refractivity (Wildman–Crippen MR) is 104 cm³/mol. The Hall–Kier alpha value is -2.66. The smallest absolute Gasteiger partial charge is 0.255 e. The van der Waals surface area contributed by atoms with E-state index < -0.39 is 0 Å². The van der Waals surface area contributed by atoms with Crippen LogP contribution in [-0.4, -0.2) is 32.1 Å². The summed E-state index contributed by atoms with van der Waals surface area (Å²) in [6.07, 6.45) is 0. The van der Waals surface area contributed by atoms with E-state index in [-0.39, 0.29) is 17.2 Å². The topological polar surface area (TPSA) is 67.4 Å². The number of hydrogen-bond acceptors (Lipinski definition) is 3. The van der Waals surface area contributed by atoms with Crippen LogP contribution >= 0.6 is 0 Å². The molecule has 0 aliphatic carbocycles. The van der Waals surface area contributed by atoms with E-state index in [1.165, 1.54) is 5.56 Å². The number of rotatable bonds is 6. The summed E-state index contributed by atoms with van der Waals surface area (Å²) in [5, 5.41) is 5.61. The Bertz CT molecular complexity index is 744. The minimum Gasteiger partial charge on any atom is -0.383 e. The van der Waals surface area contributed by atoms with Gasteiger partial charge in [0.2, 0.25) is 0 Å². The van der Waals surface area contributed by atoms with Crippen molar-refractivity contribution in [1.29, 1.82) is 0 Å². The number of nitrogens with one attached hydrogen (secondary N) is 2. The van der Waals surface area contributed by atoms with Gasteiger partial charge in [-0.05, 0) is 47.4 Å². The van der Waals surface area contributed by atoms with Gasteiger partial charge in [-0.15, -0.1) is 0 Å². The van der Waals surface area contributed by atoms with Crippen LogP contribution < -0.4 is 10.6 Å². The second-order valence-corrected chi connectivity index (χ2v) is 7.11. The minimum atomic E-state index is -0.208. The fraction of sp³-hybridized carbons (Fsp3) is 0.333. The molecule has 0 aliphatic rings. The lowest BCUT2D eigenvalue weighted by atomic mass is 9.87. The zero-order valence-corrected chi connectivity index (χ0v) is 15.8. The number of carbonyl (C=O) groups excluding carboxylic acids is 2. The normalized spacial score (nSPS) is 11.1. The van der Waals surface area contributed by atoms with Crippen molar-refractivity contribution in [1.82, 2.24) is 5.32 Å². The summed E-state index contributed by atoms with van der Waals surface area (Å²) in [6.45, 7) is 7.34. The highest BCUT2D eigenvalue weighted by molar-refractivity contribution is 6.05. The molecule has 0 atom stereocenters. The highest BCUT2D eigenvalue weighted by Gasteiger charge is 2.14. The van der Waals surface area contributed by atoms with Crippen molar-refractivity contribution in [2.75, 3.05) is 25.6 Å². The lowest BCUT2D eigenvalue weighted by Gasteiger charge is -2.19. The van der Waals surface area contributed by atoms with E-state index in [4.69, 9.17) is 4.74 Å². The van der Waals surface area contributed by atoms with Crippen molar-refractivity contribution in [2.45, 2.75) is 26.2 Å². The van der Waals surface area contributed by atoms with Crippen LogP contribution in [0.5, 0.6) is 0 Å². The summed E-state index contributed by atoms with van der Waals surface area (Å²) < 4.78 is 4.89. The van der Waals surface area contributed by atoms with E-state index in [9.17, 15) is 9.59 Å². The first-order valence-electron chi connectivity index (χ1n) is 8.60. The number of benzene rings is 2. The molecule has 0 radical (unpaired) electrons. The number of methoxy groups -OCH3 is 1. The molecule has 0 aliphatic heterocycles. The Morgan fingerprint density at radius 2 is 1.42 bits per heavy atom. The van der Waals surface area contributed by atoms with Gasteiger partial charge in [-0.2, -0.15) is 0 Å². The summed E-state index contributed by atoms with van der Waals surface area (Å²) in [7, 11) is 1.58. The van der Waals surface area contributed by atoms with Gasteiger partial charge >= 0.3 is 0 Å². The molecule has 0 bridgehead atoms. The van der Waals surface area contributed by atoms with Crippen LogP contribution in [0.2, 0.25) is 0 Å². The van der Waals surface area contributed by atoms with E-state index in [2.05, 4.69) is 31.4 Å². The number of ether oxygens (including phenoxy) is 1. The van der Waals surface area contributed by atoms with E-state index in [0.717, 1.165) is 5.69 Å². The Labute approximate surface area is 154 Å². The standard InChI is InChI=1S/C21H26N2O3/c1-21(2,3)17-9-11-18(12-10-17)23-20(25)16-7-5-15(6-8-16)19(24)22-13-14-26-4/h5-12H,13-14H2,1-4H3,(H,22,24)(H,23,25). The van der Waals surface area contributed by atoms with Crippen LogP contribution in [0.4, 0.5) is 5.69 Å². The van der Waals surface area contributed by atoms with Crippen LogP contribution in [0.3, 0.4) is 0 Å². The van der Waals surface area contributed by atoms with E-state index in [0.29, 0.717) is 24.3 Å². The average Bonchev–Trinajstić information content (AvgIpc) is 2.61. The Kier molecular flexibility index (Phi) is 6.52. The fourth-order valence-electron chi connectivity index (χ4n) is 2.40. The van der Waals surface area contributed by atoms with Crippen molar-refractivity contribution >= 4 is 17.5 Å². The summed E-state index contributed by atoms with van der Waals surface area (Å²) >= 11 is 0. The number of carbonyl (C=O) groups is 2. The SMILES string of the molecule is COCCNC(=O)c1ccc(C(=O)Nc2ccc(C(C)(C)C)cc2)cc1. The molecule has 0 unspecified atom stereocenters.